The first-order valence-electron chi connectivity index (χ1n) is 4.28. The SMILES string of the molecule is O=C1CCC2(CCNC2)CN1. The predicted octanol–water partition coefficient (Wildman–Crippen LogP) is -0.124. The number of nitrogens with one attached hydrogen (secondary N) is 2. The summed E-state index contributed by atoms with van der Waals surface area (Å²) in [6.07, 6.45) is 3.03. The minimum atomic E-state index is 0.225. The normalized spacial score (nSPS) is 37.6. The Hall–Kier alpha value is -0.570. The Morgan fingerprint density at radius 3 is 2.73 bits per heavy atom. The molecule has 11 heavy (non-hydrogen) atoms. The Morgan fingerprint density at radius 1 is 1.27 bits per heavy atom. The van der Waals surface area contributed by atoms with Crippen LogP contribution in [0, 0.1) is 5.41 Å². The molecule has 2 rings (SSSR count). The maximum absolute atomic E-state index is 10.9. The fourth-order valence-corrected chi connectivity index (χ4v) is 2.00. The van der Waals surface area contributed by atoms with E-state index in [-0.39, 0.29) is 5.91 Å². The molecule has 3 nitrogen and oxygen atoms in total. The molecule has 1 atom stereocenters. The highest BCUT2D eigenvalue weighted by Crippen LogP contribution is 2.32. The molecule has 2 fully saturated rings. The van der Waals surface area contributed by atoms with Crippen LogP contribution in [0.4, 0.5) is 0 Å². The van der Waals surface area contributed by atoms with Crippen LogP contribution in [0.5, 0.6) is 0 Å². The number of rotatable bonds is 0. The fraction of sp³-hybridized carbons (Fsp3) is 0.875. The molecular formula is C8H14N2O. The Bertz CT molecular complexity index is 161. The van der Waals surface area contributed by atoms with Gasteiger partial charge in [0, 0.05) is 24.9 Å². The molecule has 1 unspecified atom stereocenters. The van der Waals surface area contributed by atoms with Crippen LogP contribution in [-0.2, 0) is 4.79 Å². The monoisotopic (exact) mass is 154 g/mol. The lowest BCUT2D eigenvalue weighted by atomic mass is 9.80. The van der Waals surface area contributed by atoms with Crippen LogP contribution in [0.1, 0.15) is 19.3 Å². The lowest BCUT2D eigenvalue weighted by molar-refractivity contribution is -0.124. The minimum absolute atomic E-state index is 0.225. The summed E-state index contributed by atoms with van der Waals surface area (Å²) in [7, 11) is 0. The van der Waals surface area contributed by atoms with Crippen molar-refractivity contribution in [2.45, 2.75) is 19.3 Å². The quantitative estimate of drug-likeness (QED) is 0.510. The molecule has 0 saturated carbocycles. The molecule has 2 N–H and O–H groups in total. The Kier molecular flexibility index (Phi) is 1.60. The standard InChI is InChI=1S/C8H14N2O/c11-7-1-2-8(6-10-7)3-4-9-5-8/h9H,1-6H2,(H,10,11). The van der Waals surface area contributed by atoms with E-state index in [4.69, 9.17) is 0 Å². The Morgan fingerprint density at radius 2 is 2.18 bits per heavy atom. The number of hydrogen-bond donors (Lipinski definition) is 2. The van der Waals surface area contributed by atoms with Crippen molar-refractivity contribution in [3.8, 4) is 0 Å². The summed E-state index contributed by atoms with van der Waals surface area (Å²) >= 11 is 0. The third kappa shape index (κ3) is 1.25. The summed E-state index contributed by atoms with van der Waals surface area (Å²) in [4.78, 5) is 10.9. The van der Waals surface area contributed by atoms with Crippen molar-refractivity contribution in [3.63, 3.8) is 0 Å². The van der Waals surface area contributed by atoms with Gasteiger partial charge in [0.2, 0.25) is 5.91 Å². The van der Waals surface area contributed by atoms with Crippen LogP contribution in [0.25, 0.3) is 0 Å². The van der Waals surface area contributed by atoms with E-state index in [2.05, 4.69) is 10.6 Å². The molecule has 62 valence electrons. The Balaban J connectivity index is 1.99. The van der Waals surface area contributed by atoms with Gasteiger partial charge in [-0.15, -0.1) is 0 Å². The first-order valence-corrected chi connectivity index (χ1v) is 4.28. The third-order valence-corrected chi connectivity index (χ3v) is 2.88. The maximum Gasteiger partial charge on any atom is 0.220 e. The van der Waals surface area contributed by atoms with Gasteiger partial charge in [-0.05, 0) is 19.4 Å². The summed E-state index contributed by atoms with van der Waals surface area (Å²) in [5.74, 6) is 0.225. The van der Waals surface area contributed by atoms with Gasteiger partial charge in [0.15, 0.2) is 0 Å². The van der Waals surface area contributed by atoms with Gasteiger partial charge in [-0.25, -0.2) is 0 Å². The van der Waals surface area contributed by atoms with Crippen LogP contribution in [-0.4, -0.2) is 25.5 Å². The average molecular weight is 154 g/mol. The van der Waals surface area contributed by atoms with Crippen molar-refractivity contribution in [1.29, 1.82) is 0 Å². The first kappa shape index (κ1) is 7.10. The molecule has 0 radical (unpaired) electrons. The molecule has 0 aromatic rings. The van der Waals surface area contributed by atoms with E-state index in [1.165, 1.54) is 6.42 Å². The molecule has 2 aliphatic heterocycles. The van der Waals surface area contributed by atoms with Crippen molar-refractivity contribution in [2.75, 3.05) is 19.6 Å². The third-order valence-electron chi connectivity index (χ3n) is 2.88. The molecule has 2 saturated heterocycles. The van der Waals surface area contributed by atoms with Crippen molar-refractivity contribution >= 4 is 5.91 Å². The summed E-state index contributed by atoms with van der Waals surface area (Å²) in [5.41, 5.74) is 0.411. The number of hydrogen-bond acceptors (Lipinski definition) is 2. The van der Waals surface area contributed by atoms with Gasteiger partial charge in [-0.3, -0.25) is 4.79 Å². The van der Waals surface area contributed by atoms with E-state index in [0.717, 1.165) is 32.5 Å². The van der Waals surface area contributed by atoms with Gasteiger partial charge in [0.1, 0.15) is 0 Å². The van der Waals surface area contributed by atoms with E-state index < -0.39 is 0 Å². The van der Waals surface area contributed by atoms with E-state index in [1.54, 1.807) is 0 Å². The van der Waals surface area contributed by atoms with E-state index in [0.29, 0.717) is 5.41 Å². The minimum Gasteiger partial charge on any atom is -0.355 e. The highest BCUT2D eigenvalue weighted by atomic mass is 16.1. The molecular weight excluding hydrogens is 140 g/mol. The molecule has 0 aliphatic carbocycles. The number of carbonyl (C=O) groups excluding carboxylic acids is 1. The molecule has 0 bridgehead atoms. The number of piperidine rings is 1. The van der Waals surface area contributed by atoms with Gasteiger partial charge >= 0.3 is 0 Å². The highest BCUT2D eigenvalue weighted by Gasteiger charge is 2.36. The first-order chi connectivity index (χ1) is 5.31. The van der Waals surface area contributed by atoms with Crippen molar-refractivity contribution < 1.29 is 4.79 Å². The van der Waals surface area contributed by atoms with Gasteiger partial charge in [-0.2, -0.15) is 0 Å². The van der Waals surface area contributed by atoms with E-state index in [9.17, 15) is 4.79 Å². The van der Waals surface area contributed by atoms with E-state index >= 15 is 0 Å². The second-order valence-electron chi connectivity index (χ2n) is 3.70. The summed E-state index contributed by atoms with van der Waals surface area (Å²) in [6.45, 7) is 3.10. The van der Waals surface area contributed by atoms with Gasteiger partial charge < -0.3 is 10.6 Å². The topological polar surface area (TPSA) is 41.1 Å². The smallest absolute Gasteiger partial charge is 0.220 e. The van der Waals surface area contributed by atoms with Crippen LogP contribution in [0.3, 0.4) is 0 Å². The van der Waals surface area contributed by atoms with Crippen molar-refractivity contribution in [3.05, 3.63) is 0 Å². The Labute approximate surface area is 66.5 Å². The fourth-order valence-electron chi connectivity index (χ4n) is 2.00. The summed E-state index contributed by atoms with van der Waals surface area (Å²) < 4.78 is 0. The molecule has 2 aliphatic rings. The zero-order valence-electron chi connectivity index (χ0n) is 6.65. The average Bonchev–Trinajstić information content (AvgIpc) is 2.45. The molecule has 1 amide bonds. The van der Waals surface area contributed by atoms with Crippen LogP contribution >= 0.6 is 0 Å². The van der Waals surface area contributed by atoms with E-state index in [1.807, 2.05) is 0 Å². The zero-order chi connectivity index (χ0) is 7.73. The highest BCUT2D eigenvalue weighted by molar-refractivity contribution is 5.76. The van der Waals surface area contributed by atoms with Crippen molar-refractivity contribution in [2.24, 2.45) is 5.41 Å². The second kappa shape index (κ2) is 2.48. The lowest BCUT2D eigenvalue weighted by Gasteiger charge is -2.32. The summed E-state index contributed by atoms with van der Waals surface area (Å²) in [6, 6.07) is 0. The molecule has 0 aromatic carbocycles. The summed E-state index contributed by atoms with van der Waals surface area (Å²) in [5, 5.41) is 6.28. The maximum atomic E-state index is 10.9. The molecule has 3 heteroatoms. The molecule has 2 heterocycles. The number of carbonyl (C=O) groups is 1. The van der Waals surface area contributed by atoms with Crippen LogP contribution in [0.15, 0.2) is 0 Å². The molecule has 0 aromatic heterocycles. The predicted molar refractivity (Wildman–Crippen MR) is 42.2 cm³/mol. The number of amides is 1. The van der Waals surface area contributed by atoms with Crippen LogP contribution < -0.4 is 10.6 Å². The van der Waals surface area contributed by atoms with Gasteiger partial charge in [-0.1, -0.05) is 0 Å². The second-order valence-corrected chi connectivity index (χ2v) is 3.70. The zero-order valence-corrected chi connectivity index (χ0v) is 6.65. The van der Waals surface area contributed by atoms with Crippen molar-refractivity contribution in [1.82, 2.24) is 10.6 Å². The largest absolute Gasteiger partial charge is 0.355 e. The molecule has 1 spiro atoms. The van der Waals surface area contributed by atoms with Crippen LogP contribution in [0.2, 0.25) is 0 Å². The van der Waals surface area contributed by atoms with Gasteiger partial charge in [0.05, 0.1) is 0 Å². The lowest BCUT2D eigenvalue weighted by Crippen LogP contribution is -2.44. The van der Waals surface area contributed by atoms with Gasteiger partial charge in [0.25, 0.3) is 0 Å².